The lowest BCUT2D eigenvalue weighted by molar-refractivity contribution is 0.722. The monoisotopic (exact) mass is 346 g/mol. The average molecular weight is 347 g/mol. The van der Waals surface area contributed by atoms with E-state index in [1.54, 1.807) is 0 Å². The lowest BCUT2D eigenvalue weighted by Gasteiger charge is -2.29. The van der Waals surface area contributed by atoms with Gasteiger partial charge in [-0.1, -0.05) is 97.8 Å². The number of benzene rings is 3. The first kappa shape index (κ1) is 16.4. The van der Waals surface area contributed by atoms with Gasteiger partial charge >= 0.3 is 0 Å². The van der Waals surface area contributed by atoms with Crippen molar-refractivity contribution in [1.82, 2.24) is 0 Å². The summed E-state index contributed by atoms with van der Waals surface area (Å²) in [5, 5.41) is 0. The minimum absolute atomic E-state index is 0.656. The number of alkyl halides is 1. The Morgan fingerprint density at radius 3 is 1.52 bits per heavy atom. The van der Waals surface area contributed by atoms with E-state index in [9.17, 15) is 0 Å². The van der Waals surface area contributed by atoms with Gasteiger partial charge in [0.15, 0.2) is 0 Å². The molecule has 1 aliphatic rings. The van der Waals surface area contributed by atoms with Crippen molar-refractivity contribution in [3.05, 3.63) is 107 Å². The Balaban J connectivity index is 1.78. The van der Waals surface area contributed by atoms with Crippen molar-refractivity contribution in [1.29, 1.82) is 0 Å². The molecule has 0 unspecified atom stereocenters. The molecule has 0 nitrogen and oxygen atoms in total. The topological polar surface area (TPSA) is 0 Å². The molecule has 3 aromatic rings. The van der Waals surface area contributed by atoms with E-state index in [1.165, 1.54) is 31.2 Å². The minimum atomic E-state index is -0.656. The fourth-order valence-corrected chi connectivity index (χ4v) is 4.46. The predicted octanol–water partition coefficient (Wildman–Crippen LogP) is 6.87. The van der Waals surface area contributed by atoms with Gasteiger partial charge in [-0.15, -0.1) is 11.6 Å². The third-order valence-electron chi connectivity index (χ3n) is 5.48. The van der Waals surface area contributed by atoms with E-state index in [0.29, 0.717) is 0 Å². The van der Waals surface area contributed by atoms with Crippen LogP contribution in [0.2, 0.25) is 0 Å². The zero-order valence-electron chi connectivity index (χ0n) is 14.4. The van der Waals surface area contributed by atoms with Crippen LogP contribution in [0.4, 0.5) is 0 Å². The molecule has 0 atom stereocenters. The summed E-state index contributed by atoms with van der Waals surface area (Å²) in [4.78, 5) is -0.656. The van der Waals surface area contributed by atoms with Crippen LogP contribution < -0.4 is 0 Å². The van der Waals surface area contributed by atoms with E-state index in [0.717, 1.165) is 22.6 Å². The van der Waals surface area contributed by atoms with Gasteiger partial charge in [0, 0.05) is 0 Å². The highest BCUT2D eigenvalue weighted by molar-refractivity contribution is 6.28. The second-order valence-electron chi connectivity index (χ2n) is 6.99. The smallest absolute Gasteiger partial charge is 0.104 e. The molecule has 25 heavy (non-hydrogen) atoms. The van der Waals surface area contributed by atoms with Gasteiger partial charge in [-0.2, -0.15) is 0 Å². The molecular weight excluding hydrogens is 324 g/mol. The Morgan fingerprint density at radius 2 is 1.04 bits per heavy atom. The minimum Gasteiger partial charge on any atom is -0.104 e. The van der Waals surface area contributed by atoms with E-state index < -0.39 is 4.87 Å². The molecule has 0 aliphatic heterocycles. The molecule has 1 fully saturated rings. The Bertz CT molecular complexity index is 760. The Morgan fingerprint density at radius 1 is 0.600 bits per heavy atom. The van der Waals surface area contributed by atoms with Crippen molar-refractivity contribution in [2.24, 2.45) is 0 Å². The SMILES string of the molecule is ClC(c1ccccc1)(c1ccccc1)c1ccc(C2CCCC2)cc1. The zero-order chi connectivity index (χ0) is 17.1. The van der Waals surface area contributed by atoms with Gasteiger partial charge in [0.05, 0.1) is 0 Å². The highest BCUT2D eigenvalue weighted by Crippen LogP contribution is 2.43. The lowest BCUT2D eigenvalue weighted by atomic mass is 9.83. The largest absolute Gasteiger partial charge is 0.119 e. The van der Waals surface area contributed by atoms with Gasteiger partial charge < -0.3 is 0 Å². The quantitative estimate of drug-likeness (QED) is 0.357. The summed E-state index contributed by atoms with van der Waals surface area (Å²) in [5.74, 6) is 0.729. The molecule has 1 saturated carbocycles. The summed E-state index contributed by atoms with van der Waals surface area (Å²) in [5.41, 5.74) is 4.81. The molecule has 0 N–H and O–H groups in total. The molecule has 0 bridgehead atoms. The second kappa shape index (κ2) is 7.06. The van der Waals surface area contributed by atoms with Crippen LogP contribution in [-0.2, 0) is 4.87 Å². The molecule has 1 aliphatic carbocycles. The third-order valence-corrected chi connectivity index (χ3v) is 6.13. The molecule has 0 radical (unpaired) electrons. The summed E-state index contributed by atoms with van der Waals surface area (Å²) in [7, 11) is 0. The Kier molecular flexibility index (Phi) is 4.63. The summed E-state index contributed by atoms with van der Waals surface area (Å²) in [6.07, 6.45) is 5.37. The molecule has 3 aromatic carbocycles. The fraction of sp³-hybridized carbons (Fsp3) is 0.250. The number of halogens is 1. The molecule has 0 amide bonds. The maximum Gasteiger partial charge on any atom is 0.119 e. The molecule has 4 rings (SSSR count). The molecular formula is C24H23Cl. The van der Waals surface area contributed by atoms with Crippen molar-refractivity contribution < 1.29 is 0 Å². The highest BCUT2D eigenvalue weighted by Gasteiger charge is 2.34. The van der Waals surface area contributed by atoms with Crippen molar-refractivity contribution in [2.45, 2.75) is 36.5 Å². The predicted molar refractivity (Wildman–Crippen MR) is 106 cm³/mol. The third kappa shape index (κ3) is 3.12. The summed E-state index contributed by atoms with van der Waals surface area (Å²) >= 11 is 7.33. The maximum absolute atomic E-state index is 7.33. The molecule has 0 spiro atoms. The van der Waals surface area contributed by atoms with Gasteiger partial charge in [0.1, 0.15) is 4.87 Å². The van der Waals surface area contributed by atoms with Crippen molar-refractivity contribution in [3.63, 3.8) is 0 Å². The molecule has 0 aromatic heterocycles. The highest BCUT2D eigenvalue weighted by atomic mass is 35.5. The fourth-order valence-electron chi connectivity index (χ4n) is 4.08. The number of hydrogen-bond donors (Lipinski definition) is 0. The van der Waals surface area contributed by atoms with E-state index >= 15 is 0 Å². The van der Waals surface area contributed by atoms with Crippen molar-refractivity contribution >= 4 is 11.6 Å². The number of rotatable bonds is 4. The van der Waals surface area contributed by atoms with Gasteiger partial charge in [-0.05, 0) is 41.0 Å². The van der Waals surface area contributed by atoms with Gasteiger partial charge in [-0.25, -0.2) is 0 Å². The lowest BCUT2D eigenvalue weighted by Crippen LogP contribution is -2.22. The van der Waals surface area contributed by atoms with Crippen molar-refractivity contribution in [3.8, 4) is 0 Å². The standard InChI is InChI=1S/C24H23Cl/c25-24(21-11-3-1-4-12-21,22-13-5-2-6-14-22)23-17-15-20(16-18-23)19-9-7-8-10-19/h1-6,11-19H,7-10H2. The molecule has 126 valence electrons. The first-order valence-corrected chi connectivity index (χ1v) is 9.56. The molecule has 1 heteroatoms. The van der Waals surface area contributed by atoms with Gasteiger partial charge in [-0.3, -0.25) is 0 Å². The van der Waals surface area contributed by atoms with Crippen molar-refractivity contribution in [2.75, 3.05) is 0 Å². The van der Waals surface area contributed by atoms with Gasteiger partial charge in [0.2, 0.25) is 0 Å². The van der Waals surface area contributed by atoms with Crippen LogP contribution in [0.15, 0.2) is 84.9 Å². The average Bonchev–Trinajstić information content (AvgIpc) is 3.24. The summed E-state index contributed by atoms with van der Waals surface area (Å²) in [6.45, 7) is 0. The van der Waals surface area contributed by atoms with Crippen LogP contribution in [0.3, 0.4) is 0 Å². The second-order valence-corrected chi connectivity index (χ2v) is 7.56. The normalized spacial score (nSPS) is 15.4. The van der Waals surface area contributed by atoms with Crippen LogP contribution in [-0.4, -0.2) is 0 Å². The van der Waals surface area contributed by atoms with Crippen LogP contribution >= 0.6 is 11.6 Å². The van der Waals surface area contributed by atoms with Crippen LogP contribution in [0.25, 0.3) is 0 Å². The first-order chi connectivity index (χ1) is 12.3. The van der Waals surface area contributed by atoms with Gasteiger partial charge in [0.25, 0.3) is 0 Å². The Hall–Kier alpha value is -2.05. The molecule has 0 heterocycles. The summed E-state index contributed by atoms with van der Waals surface area (Å²) in [6, 6.07) is 29.8. The van der Waals surface area contributed by atoms with E-state index in [2.05, 4.69) is 72.8 Å². The molecule has 0 saturated heterocycles. The van der Waals surface area contributed by atoms with E-state index in [4.69, 9.17) is 11.6 Å². The zero-order valence-corrected chi connectivity index (χ0v) is 15.1. The maximum atomic E-state index is 7.33. The van der Waals surface area contributed by atoms with Crippen LogP contribution in [0.5, 0.6) is 0 Å². The van der Waals surface area contributed by atoms with Crippen LogP contribution in [0.1, 0.15) is 53.9 Å². The van der Waals surface area contributed by atoms with Crippen LogP contribution in [0, 0.1) is 0 Å². The first-order valence-electron chi connectivity index (χ1n) is 9.19. The van der Waals surface area contributed by atoms with E-state index in [1.807, 2.05) is 12.1 Å². The Labute approximate surface area is 155 Å². The summed E-state index contributed by atoms with van der Waals surface area (Å²) < 4.78 is 0. The van der Waals surface area contributed by atoms with E-state index in [-0.39, 0.29) is 0 Å². The number of hydrogen-bond acceptors (Lipinski definition) is 0.